The number of ketones is 1. The molecule has 1 saturated heterocycles. The van der Waals surface area contributed by atoms with Gasteiger partial charge in [0.05, 0.1) is 4.90 Å². The van der Waals surface area contributed by atoms with Crippen LogP contribution < -0.4 is 0 Å². The minimum absolute atomic E-state index is 0.144. The van der Waals surface area contributed by atoms with Crippen molar-refractivity contribution in [3.8, 4) is 0 Å². The Bertz CT molecular complexity index is 548. The molecule has 1 aromatic carbocycles. The van der Waals surface area contributed by atoms with Crippen molar-refractivity contribution < 1.29 is 13.2 Å². The van der Waals surface area contributed by atoms with Crippen LogP contribution in [-0.4, -0.2) is 31.6 Å². The van der Waals surface area contributed by atoms with Crippen LogP contribution in [0.2, 0.25) is 0 Å². The smallest absolute Gasteiger partial charge is 0.243 e. The largest absolute Gasteiger partial charge is 0.299 e. The molecule has 0 amide bonds. The maximum Gasteiger partial charge on any atom is 0.243 e. The molecule has 0 N–H and O–H groups in total. The Morgan fingerprint density at radius 1 is 1.22 bits per heavy atom. The van der Waals surface area contributed by atoms with Crippen LogP contribution in [0.5, 0.6) is 0 Å². The molecule has 1 atom stereocenters. The van der Waals surface area contributed by atoms with E-state index in [0.717, 1.165) is 5.56 Å². The van der Waals surface area contributed by atoms with Crippen molar-refractivity contribution in [2.45, 2.75) is 25.2 Å². The first kappa shape index (κ1) is 13.2. The lowest BCUT2D eigenvalue weighted by molar-refractivity contribution is -0.124. The summed E-state index contributed by atoms with van der Waals surface area (Å²) < 4.78 is 26.1. The van der Waals surface area contributed by atoms with E-state index in [1.54, 1.807) is 31.2 Å². The molecule has 0 spiro atoms. The summed E-state index contributed by atoms with van der Waals surface area (Å²) in [7, 11) is -3.45. The van der Waals surface area contributed by atoms with Crippen molar-refractivity contribution in [3.63, 3.8) is 0 Å². The number of nitrogens with zero attached hydrogens (tertiary/aromatic N) is 1. The first-order chi connectivity index (χ1) is 8.41. The van der Waals surface area contributed by atoms with E-state index in [-0.39, 0.29) is 18.2 Å². The van der Waals surface area contributed by atoms with Gasteiger partial charge in [0.1, 0.15) is 5.78 Å². The van der Waals surface area contributed by atoms with Gasteiger partial charge in [-0.05, 0) is 19.1 Å². The maximum absolute atomic E-state index is 12.4. The molecule has 0 aromatic heterocycles. The van der Waals surface area contributed by atoms with Gasteiger partial charge in [-0.15, -0.1) is 0 Å². The van der Waals surface area contributed by atoms with Crippen LogP contribution in [0.1, 0.15) is 18.9 Å². The number of hydrogen-bond donors (Lipinski definition) is 0. The highest BCUT2D eigenvalue weighted by Crippen LogP contribution is 2.21. The maximum atomic E-state index is 12.4. The van der Waals surface area contributed by atoms with Gasteiger partial charge in [0, 0.05) is 25.4 Å². The number of sulfonamides is 1. The Labute approximate surface area is 108 Å². The summed E-state index contributed by atoms with van der Waals surface area (Å²) in [6.45, 7) is 4.27. The molecule has 1 aliphatic rings. The molecule has 0 unspecified atom stereocenters. The highest BCUT2D eigenvalue weighted by Gasteiger charge is 2.32. The fraction of sp³-hybridized carbons (Fsp3) is 0.462. The molecule has 0 saturated carbocycles. The summed E-state index contributed by atoms with van der Waals surface area (Å²) in [6, 6.07) is 6.80. The van der Waals surface area contributed by atoms with Gasteiger partial charge in [-0.3, -0.25) is 4.79 Å². The number of carbonyl (C=O) groups is 1. The van der Waals surface area contributed by atoms with Crippen molar-refractivity contribution >= 4 is 15.8 Å². The number of rotatable bonds is 2. The molecule has 18 heavy (non-hydrogen) atoms. The predicted molar refractivity (Wildman–Crippen MR) is 68.7 cm³/mol. The van der Waals surface area contributed by atoms with E-state index in [2.05, 4.69) is 0 Å². The number of carbonyl (C=O) groups excluding carboxylic acids is 1. The second-order valence-electron chi connectivity index (χ2n) is 4.79. The molecular formula is C13H17NO3S. The van der Waals surface area contributed by atoms with Gasteiger partial charge in [0.25, 0.3) is 0 Å². The number of aryl methyl sites for hydroxylation is 1. The topological polar surface area (TPSA) is 54.5 Å². The average molecular weight is 267 g/mol. The van der Waals surface area contributed by atoms with Crippen molar-refractivity contribution in [2.75, 3.05) is 13.1 Å². The molecule has 0 bridgehead atoms. The fourth-order valence-electron chi connectivity index (χ4n) is 2.06. The lowest BCUT2D eigenvalue weighted by Gasteiger charge is -2.29. The highest BCUT2D eigenvalue weighted by atomic mass is 32.2. The second-order valence-corrected chi connectivity index (χ2v) is 6.73. The van der Waals surface area contributed by atoms with Crippen LogP contribution in [0.25, 0.3) is 0 Å². The highest BCUT2D eigenvalue weighted by molar-refractivity contribution is 7.89. The number of Topliss-reactive ketones (excluding diaryl/α,β-unsaturated/α-hetero) is 1. The first-order valence-corrected chi connectivity index (χ1v) is 7.45. The van der Waals surface area contributed by atoms with Crippen molar-refractivity contribution in [1.29, 1.82) is 0 Å². The molecule has 1 fully saturated rings. The zero-order valence-electron chi connectivity index (χ0n) is 10.6. The van der Waals surface area contributed by atoms with E-state index in [4.69, 9.17) is 0 Å². The van der Waals surface area contributed by atoms with Crippen molar-refractivity contribution in [2.24, 2.45) is 5.92 Å². The van der Waals surface area contributed by atoms with Crippen LogP contribution in [0, 0.1) is 12.8 Å². The minimum Gasteiger partial charge on any atom is -0.299 e. The Balaban J connectivity index is 2.26. The van der Waals surface area contributed by atoms with E-state index in [1.165, 1.54) is 4.31 Å². The van der Waals surface area contributed by atoms with Gasteiger partial charge in [0.15, 0.2) is 0 Å². The summed E-state index contributed by atoms with van der Waals surface area (Å²) in [6.07, 6.45) is 0.312. The standard InChI is InChI=1S/C13H17NO3S/c1-10-3-5-12(6-4-10)18(16,17)14-8-7-13(15)11(2)9-14/h3-6,11H,7-9H2,1-2H3/t11-/m1/s1. The van der Waals surface area contributed by atoms with Gasteiger partial charge < -0.3 is 0 Å². The zero-order chi connectivity index (χ0) is 13.3. The molecule has 2 rings (SSSR count). The normalized spacial score (nSPS) is 22.1. The Morgan fingerprint density at radius 2 is 1.83 bits per heavy atom. The first-order valence-electron chi connectivity index (χ1n) is 6.01. The van der Waals surface area contributed by atoms with E-state index in [1.807, 2.05) is 6.92 Å². The van der Waals surface area contributed by atoms with Crippen molar-refractivity contribution in [1.82, 2.24) is 4.31 Å². The number of piperidine rings is 1. The molecule has 1 heterocycles. The molecular weight excluding hydrogens is 250 g/mol. The van der Waals surface area contributed by atoms with Crippen LogP contribution in [0.15, 0.2) is 29.2 Å². The van der Waals surface area contributed by atoms with Crippen LogP contribution >= 0.6 is 0 Å². The monoisotopic (exact) mass is 267 g/mol. The average Bonchev–Trinajstić information content (AvgIpc) is 2.33. The molecule has 1 aromatic rings. The summed E-state index contributed by atoms with van der Waals surface area (Å²) in [5, 5.41) is 0. The van der Waals surface area contributed by atoms with E-state index >= 15 is 0 Å². The van der Waals surface area contributed by atoms with E-state index < -0.39 is 10.0 Å². The second kappa shape index (κ2) is 4.82. The molecule has 0 radical (unpaired) electrons. The molecule has 0 aliphatic carbocycles. The van der Waals surface area contributed by atoms with Gasteiger partial charge in [-0.25, -0.2) is 8.42 Å². The third kappa shape index (κ3) is 2.47. The predicted octanol–water partition coefficient (Wildman–Crippen LogP) is 1.59. The van der Waals surface area contributed by atoms with Crippen molar-refractivity contribution in [3.05, 3.63) is 29.8 Å². The third-order valence-corrected chi connectivity index (χ3v) is 5.17. The van der Waals surface area contributed by atoms with Gasteiger partial charge in [0.2, 0.25) is 10.0 Å². The van der Waals surface area contributed by atoms with Gasteiger partial charge in [-0.2, -0.15) is 4.31 Å². The fourth-order valence-corrected chi connectivity index (χ4v) is 3.59. The van der Waals surface area contributed by atoms with E-state index in [0.29, 0.717) is 17.9 Å². The lowest BCUT2D eigenvalue weighted by Crippen LogP contribution is -2.43. The van der Waals surface area contributed by atoms with Crippen LogP contribution in [0.3, 0.4) is 0 Å². The molecule has 98 valence electrons. The van der Waals surface area contributed by atoms with E-state index in [9.17, 15) is 13.2 Å². The third-order valence-electron chi connectivity index (χ3n) is 3.29. The Morgan fingerprint density at radius 3 is 2.39 bits per heavy atom. The molecule has 4 nitrogen and oxygen atoms in total. The van der Waals surface area contributed by atoms with Gasteiger partial charge in [-0.1, -0.05) is 24.6 Å². The zero-order valence-corrected chi connectivity index (χ0v) is 11.4. The quantitative estimate of drug-likeness (QED) is 0.817. The van der Waals surface area contributed by atoms with Crippen LogP contribution in [0.4, 0.5) is 0 Å². The summed E-state index contributed by atoms with van der Waals surface area (Å²) in [5.74, 6) is -0.0654. The SMILES string of the molecule is Cc1ccc(S(=O)(=O)N2CCC(=O)[C@H](C)C2)cc1. The summed E-state index contributed by atoms with van der Waals surface area (Å²) >= 11 is 0. The molecule has 1 aliphatic heterocycles. The molecule has 5 heteroatoms. The van der Waals surface area contributed by atoms with Crippen LogP contribution in [-0.2, 0) is 14.8 Å². The summed E-state index contributed by atoms with van der Waals surface area (Å²) in [4.78, 5) is 11.7. The van der Waals surface area contributed by atoms with Gasteiger partial charge >= 0.3 is 0 Å². The summed E-state index contributed by atoms with van der Waals surface area (Å²) in [5.41, 5.74) is 1.02. The minimum atomic E-state index is -3.45. The lowest BCUT2D eigenvalue weighted by atomic mass is 10.0. The Hall–Kier alpha value is -1.20. The Kier molecular flexibility index (Phi) is 3.54. The number of benzene rings is 1. The number of hydrogen-bond acceptors (Lipinski definition) is 3.